The summed E-state index contributed by atoms with van der Waals surface area (Å²) in [5.74, 6) is 0. The summed E-state index contributed by atoms with van der Waals surface area (Å²) in [5.41, 5.74) is 0.444. The third-order valence-corrected chi connectivity index (χ3v) is 2.27. The van der Waals surface area contributed by atoms with E-state index in [2.05, 4.69) is 4.99 Å². The highest BCUT2D eigenvalue weighted by atomic mass is 16.5. The minimum atomic E-state index is 0.444. The second-order valence-corrected chi connectivity index (χ2v) is 3.03. The second-order valence-electron chi connectivity index (χ2n) is 3.03. The van der Waals surface area contributed by atoms with Crippen molar-refractivity contribution in [3.8, 4) is 0 Å². The van der Waals surface area contributed by atoms with Crippen LogP contribution >= 0.6 is 0 Å². The van der Waals surface area contributed by atoms with Gasteiger partial charge in [-0.1, -0.05) is 0 Å². The number of rotatable bonds is 0. The van der Waals surface area contributed by atoms with Gasteiger partial charge in [-0.05, 0) is 19.1 Å². The summed E-state index contributed by atoms with van der Waals surface area (Å²) in [4.78, 5) is 4.21. The van der Waals surface area contributed by atoms with Crippen LogP contribution in [0.25, 0.3) is 0 Å². The fourth-order valence-electron chi connectivity index (χ4n) is 1.52. The first-order valence-corrected chi connectivity index (χ1v) is 3.47. The van der Waals surface area contributed by atoms with Crippen LogP contribution in [0, 0.1) is 5.41 Å². The Labute approximate surface area is 54.9 Å². The van der Waals surface area contributed by atoms with E-state index in [1.165, 1.54) is 6.42 Å². The Balaban J connectivity index is 2.07. The predicted molar refractivity (Wildman–Crippen MR) is 35.8 cm³/mol. The van der Waals surface area contributed by atoms with Crippen molar-refractivity contribution in [1.82, 2.24) is 0 Å². The molecule has 2 nitrogen and oxygen atoms in total. The summed E-state index contributed by atoms with van der Waals surface area (Å²) in [6.45, 7) is 2.89. The first kappa shape index (κ1) is 5.42. The Kier molecular flexibility index (Phi) is 1.09. The summed E-state index contributed by atoms with van der Waals surface area (Å²) in [5, 5.41) is 0. The van der Waals surface area contributed by atoms with Crippen LogP contribution in [-0.2, 0) is 4.74 Å². The molecule has 0 N–H and O–H groups in total. The van der Waals surface area contributed by atoms with E-state index in [9.17, 15) is 0 Å². The lowest BCUT2D eigenvalue weighted by atomic mass is 9.86. The molecule has 1 spiro atoms. The quantitative estimate of drug-likeness (QED) is 0.470. The Hall–Kier alpha value is -0.370. The van der Waals surface area contributed by atoms with Crippen LogP contribution in [0.5, 0.6) is 0 Å². The average molecular weight is 125 g/mol. The molecule has 50 valence electrons. The van der Waals surface area contributed by atoms with Gasteiger partial charge in [0.2, 0.25) is 0 Å². The molecule has 1 fully saturated rings. The molecule has 0 saturated carbocycles. The van der Waals surface area contributed by atoms with Crippen LogP contribution in [-0.4, -0.2) is 26.0 Å². The second kappa shape index (κ2) is 1.81. The molecule has 2 heterocycles. The fourth-order valence-corrected chi connectivity index (χ4v) is 1.52. The first-order valence-electron chi connectivity index (χ1n) is 3.47. The lowest BCUT2D eigenvalue weighted by Crippen LogP contribution is -2.20. The molecule has 0 amide bonds. The molecule has 0 aliphatic carbocycles. The van der Waals surface area contributed by atoms with Gasteiger partial charge >= 0.3 is 0 Å². The van der Waals surface area contributed by atoms with Crippen LogP contribution in [0.4, 0.5) is 0 Å². The first-order chi connectivity index (χ1) is 4.41. The zero-order valence-corrected chi connectivity index (χ0v) is 5.47. The van der Waals surface area contributed by atoms with Gasteiger partial charge in [-0.15, -0.1) is 0 Å². The van der Waals surface area contributed by atoms with Crippen LogP contribution in [0.15, 0.2) is 4.99 Å². The molecule has 0 aromatic carbocycles. The zero-order valence-electron chi connectivity index (χ0n) is 5.47. The summed E-state index contributed by atoms with van der Waals surface area (Å²) >= 11 is 0. The molecule has 2 aliphatic rings. The van der Waals surface area contributed by atoms with Gasteiger partial charge in [-0.3, -0.25) is 4.99 Å². The molecule has 2 heteroatoms. The maximum absolute atomic E-state index is 5.30. The molecule has 0 radical (unpaired) electrons. The minimum absolute atomic E-state index is 0.444. The third kappa shape index (κ3) is 0.778. The van der Waals surface area contributed by atoms with Gasteiger partial charge in [0.05, 0.1) is 6.61 Å². The van der Waals surface area contributed by atoms with Gasteiger partial charge in [0.25, 0.3) is 0 Å². The normalized spacial score (nSPS) is 40.9. The van der Waals surface area contributed by atoms with E-state index in [-0.39, 0.29) is 0 Å². The van der Waals surface area contributed by atoms with Crippen LogP contribution in [0.3, 0.4) is 0 Å². The van der Waals surface area contributed by atoms with Crippen molar-refractivity contribution in [2.75, 3.05) is 19.8 Å². The number of hydrogen-bond donors (Lipinski definition) is 0. The van der Waals surface area contributed by atoms with Crippen LogP contribution in [0.1, 0.15) is 12.8 Å². The molecule has 9 heavy (non-hydrogen) atoms. The number of hydrogen-bond acceptors (Lipinski definition) is 2. The van der Waals surface area contributed by atoms with E-state index in [4.69, 9.17) is 4.74 Å². The molecule has 2 rings (SSSR count). The highest BCUT2D eigenvalue weighted by Crippen LogP contribution is 2.34. The van der Waals surface area contributed by atoms with Gasteiger partial charge in [0.1, 0.15) is 0 Å². The van der Waals surface area contributed by atoms with E-state index < -0.39 is 0 Å². The van der Waals surface area contributed by atoms with E-state index in [1.54, 1.807) is 0 Å². The van der Waals surface area contributed by atoms with Crippen LogP contribution < -0.4 is 0 Å². The van der Waals surface area contributed by atoms with Gasteiger partial charge in [0, 0.05) is 18.6 Å². The molecular weight excluding hydrogens is 114 g/mol. The molecule has 0 aromatic heterocycles. The number of nitrogens with zero attached hydrogens (tertiary/aromatic N) is 1. The van der Waals surface area contributed by atoms with Crippen LogP contribution in [0.2, 0.25) is 0 Å². The van der Waals surface area contributed by atoms with E-state index >= 15 is 0 Å². The summed E-state index contributed by atoms with van der Waals surface area (Å²) < 4.78 is 5.30. The minimum Gasteiger partial charge on any atom is -0.381 e. The molecule has 0 bridgehead atoms. The summed E-state index contributed by atoms with van der Waals surface area (Å²) in [7, 11) is 0. The van der Waals surface area contributed by atoms with Crippen molar-refractivity contribution < 1.29 is 4.74 Å². The molecule has 1 saturated heterocycles. The third-order valence-electron chi connectivity index (χ3n) is 2.27. The van der Waals surface area contributed by atoms with E-state index in [1.807, 2.05) is 6.21 Å². The summed E-state index contributed by atoms with van der Waals surface area (Å²) in [6, 6.07) is 0. The van der Waals surface area contributed by atoms with Crippen molar-refractivity contribution >= 4 is 6.21 Å². The maximum atomic E-state index is 5.30. The van der Waals surface area contributed by atoms with Crippen molar-refractivity contribution in [2.24, 2.45) is 10.4 Å². The van der Waals surface area contributed by atoms with Gasteiger partial charge in [0.15, 0.2) is 0 Å². The zero-order chi connectivity index (χ0) is 6.16. The van der Waals surface area contributed by atoms with Gasteiger partial charge in [-0.2, -0.15) is 0 Å². The lowest BCUT2D eigenvalue weighted by Gasteiger charge is -2.16. The standard InChI is InChI=1S/C7H11NO/c1-3-8-5-7(1)2-4-9-6-7/h3H,1-2,4-6H2. The Morgan fingerprint density at radius 2 is 2.56 bits per heavy atom. The van der Waals surface area contributed by atoms with Crippen molar-refractivity contribution in [1.29, 1.82) is 0 Å². The van der Waals surface area contributed by atoms with Crippen molar-refractivity contribution in [3.63, 3.8) is 0 Å². The predicted octanol–water partition coefficient (Wildman–Crippen LogP) is 0.868. The van der Waals surface area contributed by atoms with Crippen molar-refractivity contribution in [3.05, 3.63) is 0 Å². The smallest absolute Gasteiger partial charge is 0.0544 e. The average Bonchev–Trinajstić information content (AvgIpc) is 2.45. The SMILES string of the molecule is C1=NCC2(C1)CCOC2. The molecular formula is C7H11NO. The fraction of sp³-hybridized carbons (Fsp3) is 0.857. The molecule has 2 aliphatic heterocycles. The van der Waals surface area contributed by atoms with Gasteiger partial charge < -0.3 is 4.74 Å². The van der Waals surface area contributed by atoms with E-state index in [0.717, 1.165) is 26.2 Å². The van der Waals surface area contributed by atoms with Crippen molar-refractivity contribution in [2.45, 2.75) is 12.8 Å². The maximum Gasteiger partial charge on any atom is 0.0544 e. The highest BCUT2D eigenvalue weighted by Gasteiger charge is 2.35. The molecule has 0 aromatic rings. The monoisotopic (exact) mass is 125 g/mol. The largest absolute Gasteiger partial charge is 0.381 e. The summed E-state index contributed by atoms with van der Waals surface area (Å²) in [6.07, 6.45) is 4.40. The Bertz CT molecular complexity index is 126. The molecule has 1 atom stereocenters. The Morgan fingerprint density at radius 3 is 3.11 bits per heavy atom. The number of ether oxygens (including phenoxy) is 1. The van der Waals surface area contributed by atoms with E-state index in [0.29, 0.717) is 5.41 Å². The Morgan fingerprint density at radius 1 is 1.56 bits per heavy atom. The van der Waals surface area contributed by atoms with Gasteiger partial charge in [-0.25, -0.2) is 0 Å². The highest BCUT2D eigenvalue weighted by molar-refractivity contribution is 5.61. The number of aliphatic imine (C=N–C) groups is 1. The topological polar surface area (TPSA) is 21.6 Å². The molecule has 1 unspecified atom stereocenters. The lowest BCUT2D eigenvalue weighted by molar-refractivity contribution is 0.161.